The van der Waals surface area contributed by atoms with Crippen molar-refractivity contribution in [2.45, 2.75) is 25.8 Å². The van der Waals surface area contributed by atoms with Crippen LogP contribution in [0.4, 0.5) is 0 Å². The van der Waals surface area contributed by atoms with Gasteiger partial charge in [-0.05, 0) is 20.3 Å². The Balaban J connectivity index is 2.21. The van der Waals surface area contributed by atoms with Gasteiger partial charge in [0.25, 0.3) is 0 Å². The first-order valence-electron chi connectivity index (χ1n) is 5.31. The zero-order valence-electron chi connectivity index (χ0n) is 9.78. The van der Waals surface area contributed by atoms with Crippen LogP contribution in [0.1, 0.15) is 20.3 Å². The lowest BCUT2D eigenvalue weighted by molar-refractivity contribution is -0.122. The van der Waals surface area contributed by atoms with Gasteiger partial charge in [0.05, 0.1) is 13.2 Å². The standard InChI is InChI=1S/C10H19N3O2S/c1-10(2)3-6-16-9(13-10)12-4-5-15-7-8(11)14/h3-7H2,1-2H3,(H2,11,14)(H,12,13). The van der Waals surface area contributed by atoms with E-state index in [1.54, 1.807) is 11.8 Å². The van der Waals surface area contributed by atoms with E-state index in [4.69, 9.17) is 10.5 Å². The van der Waals surface area contributed by atoms with Gasteiger partial charge in [-0.15, -0.1) is 0 Å². The van der Waals surface area contributed by atoms with Crippen LogP contribution in [0.5, 0.6) is 0 Å². The van der Waals surface area contributed by atoms with E-state index in [1.807, 2.05) is 0 Å². The molecular formula is C10H19N3O2S. The highest BCUT2D eigenvalue weighted by Crippen LogP contribution is 2.21. The number of rotatable bonds is 5. The van der Waals surface area contributed by atoms with Crippen LogP contribution in [0.2, 0.25) is 0 Å². The van der Waals surface area contributed by atoms with Gasteiger partial charge in [0.1, 0.15) is 6.61 Å². The van der Waals surface area contributed by atoms with Crippen molar-refractivity contribution < 1.29 is 9.53 Å². The Morgan fingerprint density at radius 1 is 1.69 bits per heavy atom. The van der Waals surface area contributed by atoms with Crippen LogP contribution in [0, 0.1) is 0 Å². The molecular weight excluding hydrogens is 226 g/mol. The predicted octanol–water partition coefficient (Wildman–Crippen LogP) is 0.349. The van der Waals surface area contributed by atoms with Crippen LogP contribution >= 0.6 is 11.8 Å². The number of primary amides is 1. The number of nitrogens with two attached hydrogens (primary N) is 1. The molecule has 1 aliphatic rings. The van der Waals surface area contributed by atoms with Crippen molar-refractivity contribution in [2.24, 2.45) is 10.7 Å². The molecule has 1 fully saturated rings. The molecule has 0 saturated carbocycles. The van der Waals surface area contributed by atoms with Gasteiger partial charge < -0.3 is 15.8 Å². The summed E-state index contributed by atoms with van der Waals surface area (Å²) in [4.78, 5) is 14.8. The van der Waals surface area contributed by atoms with Crippen LogP contribution in [-0.4, -0.2) is 42.1 Å². The monoisotopic (exact) mass is 245 g/mol. The van der Waals surface area contributed by atoms with E-state index in [2.05, 4.69) is 24.2 Å². The molecule has 1 saturated heterocycles. The number of nitrogens with one attached hydrogen (secondary N) is 1. The van der Waals surface area contributed by atoms with Crippen molar-refractivity contribution in [3.8, 4) is 0 Å². The fraction of sp³-hybridized carbons (Fsp3) is 0.800. The molecule has 92 valence electrons. The van der Waals surface area contributed by atoms with Crippen LogP contribution in [0.15, 0.2) is 4.99 Å². The molecule has 1 rings (SSSR count). The topological polar surface area (TPSA) is 76.7 Å². The third-order valence-electron chi connectivity index (χ3n) is 2.15. The van der Waals surface area contributed by atoms with E-state index < -0.39 is 5.91 Å². The normalized spacial score (nSPS) is 21.8. The number of nitrogens with zero attached hydrogens (tertiary/aromatic N) is 1. The van der Waals surface area contributed by atoms with Crippen molar-refractivity contribution in [3.63, 3.8) is 0 Å². The zero-order valence-corrected chi connectivity index (χ0v) is 10.6. The molecule has 0 radical (unpaired) electrons. The summed E-state index contributed by atoms with van der Waals surface area (Å²) >= 11 is 1.72. The largest absolute Gasteiger partial charge is 0.370 e. The quantitative estimate of drug-likeness (QED) is 0.685. The second-order valence-electron chi connectivity index (χ2n) is 4.31. The lowest BCUT2D eigenvalue weighted by Crippen LogP contribution is -2.46. The summed E-state index contributed by atoms with van der Waals surface area (Å²) < 4.78 is 5.02. The number of hydrogen-bond acceptors (Lipinski definition) is 4. The van der Waals surface area contributed by atoms with Crippen molar-refractivity contribution in [1.82, 2.24) is 5.32 Å². The molecule has 0 aromatic heterocycles. The maximum atomic E-state index is 10.4. The molecule has 3 N–H and O–H groups in total. The predicted molar refractivity (Wildman–Crippen MR) is 66.6 cm³/mol. The summed E-state index contributed by atoms with van der Waals surface area (Å²) in [5.41, 5.74) is 5.06. The molecule has 0 aliphatic carbocycles. The maximum absolute atomic E-state index is 10.4. The van der Waals surface area contributed by atoms with Gasteiger partial charge in [0, 0.05) is 11.3 Å². The first-order chi connectivity index (χ1) is 7.49. The number of hydrogen-bond donors (Lipinski definition) is 2. The van der Waals surface area contributed by atoms with E-state index in [1.165, 1.54) is 0 Å². The molecule has 6 heteroatoms. The van der Waals surface area contributed by atoms with Gasteiger partial charge in [-0.25, -0.2) is 0 Å². The summed E-state index contributed by atoms with van der Waals surface area (Å²) in [5, 5.41) is 4.32. The van der Waals surface area contributed by atoms with Crippen LogP contribution in [0.3, 0.4) is 0 Å². The molecule has 0 aromatic rings. The zero-order chi connectivity index (χ0) is 12.0. The first kappa shape index (κ1) is 13.3. The Bertz CT molecular complexity index is 279. The van der Waals surface area contributed by atoms with Crippen LogP contribution in [-0.2, 0) is 9.53 Å². The van der Waals surface area contributed by atoms with Crippen molar-refractivity contribution in [3.05, 3.63) is 0 Å². The van der Waals surface area contributed by atoms with E-state index in [0.29, 0.717) is 13.2 Å². The van der Waals surface area contributed by atoms with Crippen molar-refractivity contribution in [1.29, 1.82) is 0 Å². The average Bonchev–Trinajstić information content (AvgIpc) is 2.15. The van der Waals surface area contributed by atoms with Gasteiger partial charge in [-0.3, -0.25) is 9.79 Å². The van der Waals surface area contributed by atoms with Crippen molar-refractivity contribution in [2.75, 3.05) is 25.5 Å². The Labute approximate surface area is 100 Å². The van der Waals surface area contributed by atoms with Gasteiger partial charge in [-0.1, -0.05) is 11.8 Å². The SMILES string of the molecule is CC1(C)CCSC(=NCCOCC(N)=O)N1. The Kier molecular flexibility index (Phi) is 5.08. The average molecular weight is 245 g/mol. The Morgan fingerprint density at radius 2 is 2.44 bits per heavy atom. The van der Waals surface area contributed by atoms with Gasteiger partial charge in [-0.2, -0.15) is 0 Å². The summed E-state index contributed by atoms with van der Waals surface area (Å²) in [7, 11) is 0. The number of carbonyl (C=O) groups is 1. The highest BCUT2D eigenvalue weighted by molar-refractivity contribution is 8.13. The number of aliphatic imine (C=N–C) groups is 1. The molecule has 1 aliphatic heterocycles. The number of amidine groups is 1. The minimum Gasteiger partial charge on any atom is -0.370 e. The molecule has 0 atom stereocenters. The molecule has 1 heterocycles. The summed E-state index contributed by atoms with van der Waals surface area (Å²) in [5.74, 6) is 0.639. The summed E-state index contributed by atoms with van der Waals surface area (Å²) in [6.07, 6.45) is 1.13. The first-order valence-corrected chi connectivity index (χ1v) is 6.30. The van der Waals surface area contributed by atoms with E-state index in [9.17, 15) is 4.79 Å². The van der Waals surface area contributed by atoms with E-state index in [-0.39, 0.29) is 12.1 Å². The summed E-state index contributed by atoms with van der Waals surface area (Å²) in [6, 6.07) is 0. The Hall–Kier alpha value is -0.750. The van der Waals surface area contributed by atoms with Crippen LogP contribution in [0.25, 0.3) is 0 Å². The molecule has 5 nitrogen and oxygen atoms in total. The number of amides is 1. The maximum Gasteiger partial charge on any atom is 0.243 e. The number of ether oxygens (including phenoxy) is 1. The van der Waals surface area contributed by atoms with E-state index >= 15 is 0 Å². The summed E-state index contributed by atoms with van der Waals surface area (Å²) in [6.45, 7) is 5.27. The fourth-order valence-corrected chi connectivity index (χ4v) is 2.60. The molecule has 16 heavy (non-hydrogen) atoms. The molecule has 0 unspecified atom stereocenters. The number of thioether (sulfide) groups is 1. The lowest BCUT2D eigenvalue weighted by atomic mass is 10.0. The van der Waals surface area contributed by atoms with Gasteiger partial charge >= 0.3 is 0 Å². The second-order valence-corrected chi connectivity index (χ2v) is 5.40. The molecule has 0 bridgehead atoms. The van der Waals surface area contributed by atoms with Crippen LogP contribution < -0.4 is 11.1 Å². The van der Waals surface area contributed by atoms with Gasteiger partial charge in [0.2, 0.25) is 5.91 Å². The smallest absolute Gasteiger partial charge is 0.243 e. The lowest BCUT2D eigenvalue weighted by Gasteiger charge is -2.32. The fourth-order valence-electron chi connectivity index (χ4n) is 1.26. The minimum absolute atomic E-state index is 0.0308. The highest BCUT2D eigenvalue weighted by Gasteiger charge is 2.23. The minimum atomic E-state index is -0.445. The highest BCUT2D eigenvalue weighted by atomic mass is 32.2. The third-order valence-corrected chi connectivity index (χ3v) is 3.06. The molecule has 1 amide bonds. The second kappa shape index (κ2) is 6.10. The third kappa shape index (κ3) is 5.37. The molecule has 0 spiro atoms. The molecule has 0 aromatic carbocycles. The number of carbonyl (C=O) groups excluding carboxylic acids is 1. The van der Waals surface area contributed by atoms with E-state index in [0.717, 1.165) is 17.3 Å². The van der Waals surface area contributed by atoms with Gasteiger partial charge in [0.15, 0.2) is 5.17 Å². The Morgan fingerprint density at radius 3 is 3.06 bits per heavy atom. The van der Waals surface area contributed by atoms with Crippen molar-refractivity contribution >= 4 is 22.8 Å².